The molecule has 31 heavy (non-hydrogen) atoms. The molecule has 0 atom stereocenters. The summed E-state index contributed by atoms with van der Waals surface area (Å²) in [4.78, 5) is 10.4. The molecule has 3 heterocycles. The molecule has 3 N–H and O–H groups in total. The number of aromatic amines is 1. The Balaban J connectivity index is 1.48. The maximum Gasteiger partial charge on any atom is 0.158 e. The van der Waals surface area contributed by atoms with Crippen LogP contribution >= 0.6 is 0 Å². The number of aliphatic hydroxyl groups excluding tert-OH is 1. The van der Waals surface area contributed by atoms with Gasteiger partial charge in [0.15, 0.2) is 11.5 Å². The van der Waals surface area contributed by atoms with Gasteiger partial charge >= 0.3 is 0 Å². The van der Waals surface area contributed by atoms with Gasteiger partial charge in [-0.3, -0.25) is 5.10 Å². The lowest BCUT2D eigenvalue weighted by Gasteiger charge is -2.31. The zero-order chi connectivity index (χ0) is 21.6. The molecule has 1 saturated heterocycles. The molecule has 0 bridgehead atoms. The van der Waals surface area contributed by atoms with E-state index in [4.69, 9.17) is 15.1 Å². The van der Waals surface area contributed by atoms with E-state index in [2.05, 4.69) is 48.6 Å². The van der Waals surface area contributed by atoms with Crippen molar-refractivity contribution in [1.82, 2.24) is 25.1 Å². The number of H-pyrrole nitrogens is 1. The number of methoxy groups -OCH3 is 1. The molecular weight excluding hydrogens is 394 g/mol. The molecule has 0 unspecified atom stereocenters. The summed E-state index contributed by atoms with van der Waals surface area (Å²) in [5, 5.41) is 28.3. The molecule has 0 saturated carbocycles. The number of nitriles is 1. The van der Waals surface area contributed by atoms with E-state index in [1.165, 1.54) is 18.0 Å². The molecule has 0 spiro atoms. The van der Waals surface area contributed by atoms with Gasteiger partial charge < -0.3 is 20.1 Å². The molecule has 1 aliphatic heterocycles. The lowest BCUT2D eigenvalue weighted by molar-refractivity contribution is 0.164. The summed E-state index contributed by atoms with van der Waals surface area (Å²) in [6.07, 6.45) is 5.05. The van der Waals surface area contributed by atoms with Gasteiger partial charge in [-0.25, -0.2) is 9.97 Å². The van der Waals surface area contributed by atoms with Gasteiger partial charge in [-0.2, -0.15) is 10.4 Å². The number of aliphatic hydroxyl groups is 1. The van der Waals surface area contributed by atoms with Crippen LogP contribution in [0.25, 0.3) is 11.3 Å². The van der Waals surface area contributed by atoms with E-state index < -0.39 is 0 Å². The molecule has 9 nitrogen and oxygen atoms in total. The van der Waals surface area contributed by atoms with Crippen molar-refractivity contribution >= 4 is 11.6 Å². The number of nitrogens with zero attached hydrogens (tertiary/aromatic N) is 5. The van der Waals surface area contributed by atoms with Crippen molar-refractivity contribution < 1.29 is 9.84 Å². The summed E-state index contributed by atoms with van der Waals surface area (Å²) >= 11 is 0. The molecule has 0 aliphatic carbocycles. The van der Waals surface area contributed by atoms with Crippen LogP contribution in [-0.4, -0.2) is 63.5 Å². The third-order valence-corrected chi connectivity index (χ3v) is 5.59. The first kappa shape index (κ1) is 20.8. The summed E-state index contributed by atoms with van der Waals surface area (Å²) in [6.45, 7) is 2.97. The van der Waals surface area contributed by atoms with E-state index in [-0.39, 0.29) is 12.3 Å². The largest absolute Gasteiger partial charge is 0.496 e. The summed E-state index contributed by atoms with van der Waals surface area (Å²) in [6, 6.07) is 10.2. The summed E-state index contributed by atoms with van der Waals surface area (Å²) in [7, 11) is 1.67. The number of ether oxygens (including phenoxy) is 1. The minimum absolute atomic E-state index is 0.214. The van der Waals surface area contributed by atoms with Crippen molar-refractivity contribution in [1.29, 1.82) is 5.26 Å². The van der Waals surface area contributed by atoms with E-state index in [9.17, 15) is 0 Å². The number of benzene rings is 1. The molecular formula is C22H25N7O2. The highest BCUT2D eigenvalue weighted by atomic mass is 16.5. The highest BCUT2D eigenvalue weighted by Crippen LogP contribution is 2.36. The van der Waals surface area contributed by atoms with Gasteiger partial charge in [-0.1, -0.05) is 6.07 Å². The Morgan fingerprint density at radius 2 is 2.06 bits per heavy atom. The smallest absolute Gasteiger partial charge is 0.158 e. The van der Waals surface area contributed by atoms with Crippen LogP contribution in [0.1, 0.15) is 30.0 Å². The number of rotatable bonds is 7. The predicted molar refractivity (Wildman–Crippen MR) is 116 cm³/mol. The topological polar surface area (TPSA) is 123 Å². The maximum atomic E-state index is 9.13. The van der Waals surface area contributed by atoms with Crippen molar-refractivity contribution in [3.63, 3.8) is 0 Å². The van der Waals surface area contributed by atoms with Gasteiger partial charge in [-0.05, 0) is 49.5 Å². The molecule has 0 amide bonds. The summed E-state index contributed by atoms with van der Waals surface area (Å²) < 4.78 is 5.68. The molecule has 3 aromatic rings. The summed E-state index contributed by atoms with van der Waals surface area (Å²) in [5.41, 5.74) is 3.29. The van der Waals surface area contributed by atoms with Crippen molar-refractivity contribution in [2.45, 2.75) is 18.8 Å². The van der Waals surface area contributed by atoms with E-state index in [1.54, 1.807) is 7.11 Å². The minimum atomic E-state index is 0.214. The SMILES string of the molecule is COc1cc(C2CCN(CCO)CC2)ccc1-c1cc(Nc2cnc(C#N)cn2)n[nH]1. The van der Waals surface area contributed by atoms with Gasteiger partial charge in [0.2, 0.25) is 0 Å². The average Bonchev–Trinajstić information content (AvgIpc) is 3.28. The maximum absolute atomic E-state index is 9.13. The number of hydrogen-bond acceptors (Lipinski definition) is 8. The quantitative estimate of drug-likeness (QED) is 0.534. The first-order chi connectivity index (χ1) is 15.2. The fourth-order valence-electron chi connectivity index (χ4n) is 3.92. The number of hydrogen-bond donors (Lipinski definition) is 3. The minimum Gasteiger partial charge on any atom is -0.496 e. The second-order valence-electron chi connectivity index (χ2n) is 7.49. The van der Waals surface area contributed by atoms with E-state index in [0.29, 0.717) is 17.6 Å². The lowest BCUT2D eigenvalue weighted by Crippen LogP contribution is -2.34. The van der Waals surface area contributed by atoms with Gasteiger partial charge in [0, 0.05) is 18.2 Å². The Labute approximate surface area is 180 Å². The van der Waals surface area contributed by atoms with E-state index in [1.807, 2.05) is 12.1 Å². The molecule has 1 aliphatic rings. The predicted octanol–water partition coefficient (Wildman–Crippen LogP) is 2.66. The zero-order valence-corrected chi connectivity index (χ0v) is 17.4. The fourth-order valence-corrected chi connectivity index (χ4v) is 3.92. The molecule has 9 heteroatoms. The van der Waals surface area contributed by atoms with Crippen molar-refractivity contribution in [2.75, 3.05) is 38.7 Å². The molecule has 1 fully saturated rings. The third-order valence-electron chi connectivity index (χ3n) is 5.59. The Morgan fingerprint density at radius 3 is 2.74 bits per heavy atom. The normalized spacial score (nSPS) is 14.9. The Kier molecular flexibility index (Phi) is 6.40. The van der Waals surface area contributed by atoms with Crippen molar-refractivity contribution in [3.05, 3.63) is 47.9 Å². The van der Waals surface area contributed by atoms with Crippen LogP contribution in [0.4, 0.5) is 11.6 Å². The average molecular weight is 419 g/mol. The van der Waals surface area contributed by atoms with Gasteiger partial charge in [0.05, 0.1) is 31.8 Å². The van der Waals surface area contributed by atoms with Gasteiger partial charge in [0.25, 0.3) is 0 Å². The Bertz CT molecular complexity index is 1050. The van der Waals surface area contributed by atoms with Crippen LogP contribution in [0.5, 0.6) is 5.75 Å². The van der Waals surface area contributed by atoms with Gasteiger partial charge in [-0.15, -0.1) is 0 Å². The first-order valence-corrected chi connectivity index (χ1v) is 10.3. The van der Waals surface area contributed by atoms with Crippen LogP contribution < -0.4 is 10.1 Å². The van der Waals surface area contributed by atoms with E-state index >= 15 is 0 Å². The highest BCUT2D eigenvalue weighted by molar-refractivity contribution is 5.71. The molecule has 1 aromatic carbocycles. The molecule has 2 aromatic heterocycles. The second-order valence-corrected chi connectivity index (χ2v) is 7.49. The number of piperidine rings is 1. The van der Waals surface area contributed by atoms with E-state index in [0.717, 1.165) is 49.5 Å². The van der Waals surface area contributed by atoms with Crippen molar-refractivity contribution in [2.24, 2.45) is 0 Å². The lowest BCUT2D eigenvalue weighted by atomic mass is 9.88. The number of aromatic nitrogens is 4. The standard InChI is InChI=1S/C22H25N7O2/c1-31-20-10-16(15-4-6-29(7-5-15)8-9-30)2-3-18(20)19-11-21(28-27-19)26-22-14-24-17(12-23)13-25-22/h2-3,10-11,13-15,30H,4-9H2,1H3,(H2,25,26,27,28). The monoisotopic (exact) mass is 419 g/mol. The highest BCUT2D eigenvalue weighted by Gasteiger charge is 2.21. The Hall–Kier alpha value is -3.48. The van der Waals surface area contributed by atoms with Crippen LogP contribution in [0.3, 0.4) is 0 Å². The van der Waals surface area contributed by atoms with Crippen molar-refractivity contribution in [3.8, 4) is 23.1 Å². The van der Waals surface area contributed by atoms with Crippen LogP contribution in [0.2, 0.25) is 0 Å². The van der Waals surface area contributed by atoms with Crippen LogP contribution in [0.15, 0.2) is 36.7 Å². The number of anilines is 2. The molecule has 4 rings (SSSR count). The van der Waals surface area contributed by atoms with Crippen LogP contribution in [-0.2, 0) is 0 Å². The zero-order valence-electron chi connectivity index (χ0n) is 17.4. The number of nitrogens with one attached hydrogen (secondary N) is 2. The second kappa shape index (κ2) is 9.55. The summed E-state index contributed by atoms with van der Waals surface area (Å²) in [5.74, 6) is 2.39. The fraction of sp³-hybridized carbons (Fsp3) is 0.364. The number of likely N-dealkylation sites (tertiary alicyclic amines) is 1. The Morgan fingerprint density at radius 1 is 1.23 bits per heavy atom. The molecule has 160 valence electrons. The van der Waals surface area contributed by atoms with Crippen LogP contribution in [0, 0.1) is 11.3 Å². The molecule has 0 radical (unpaired) electrons. The number of β-amino-alcohol motifs (C(OH)–C–C–N with tert-alkyl or cyclic N) is 1. The first-order valence-electron chi connectivity index (χ1n) is 10.3. The third kappa shape index (κ3) is 4.82. The van der Waals surface area contributed by atoms with Gasteiger partial charge in [0.1, 0.15) is 17.6 Å².